The van der Waals surface area contributed by atoms with Gasteiger partial charge >= 0.3 is 5.97 Å². The van der Waals surface area contributed by atoms with E-state index in [0.29, 0.717) is 18.5 Å². The van der Waals surface area contributed by atoms with E-state index >= 15 is 0 Å². The number of aliphatic carboxylic acids is 1. The van der Waals surface area contributed by atoms with Gasteiger partial charge in [-0.25, -0.2) is 4.79 Å². The van der Waals surface area contributed by atoms with Crippen molar-refractivity contribution in [1.29, 1.82) is 0 Å². The molecule has 2 aromatic carbocycles. The second-order valence-electron chi connectivity index (χ2n) is 6.86. The number of hydrogen-bond donors (Lipinski definition) is 2. The Balaban J connectivity index is 2.03. The number of benzene rings is 2. The van der Waals surface area contributed by atoms with Crippen LogP contribution >= 0.6 is 0 Å². The first-order valence-corrected chi connectivity index (χ1v) is 9.16. The normalized spacial score (nSPS) is 11.5. The van der Waals surface area contributed by atoms with Crippen LogP contribution in [0, 0.1) is 13.8 Å². The molecule has 2 aromatic rings. The molecule has 0 heterocycles. The maximum atomic E-state index is 12.4. The minimum Gasteiger partial charge on any atom is -0.479 e. The molecule has 0 aliphatic rings. The van der Waals surface area contributed by atoms with Crippen molar-refractivity contribution < 1.29 is 19.5 Å². The number of amides is 2. The lowest BCUT2D eigenvalue weighted by Crippen LogP contribution is -2.43. The van der Waals surface area contributed by atoms with E-state index in [1.165, 1.54) is 11.8 Å². The Kier molecular flexibility index (Phi) is 7.32. The molecule has 0 bridgehead atoms. The van der Waals surface area contributed by atoms with Gasteiger partial charge in [0.25, 0.3) is 0 Å². The van der Waals surface area contributed by atoms with Gasteiger partial charge in [0.1, 0.15) is 0 Å². The van der Waals surface area contributed by atoms with Crippen molar-refractivity contribution >= 4 is 17.8 Å². The molecule has 0 saturated heterocycles. The molecule has 0 fully saturated rings. The van der Waals surface area contributed by atoms with Crippen molar-refractivity contribution in [3.05, 3.63) is 70.8 Å². The molecule has 28 heavy (non-hydrogen) atoms. The zero-order valence-electron chi connectivity index (χ0n) is 16.4. The van der Waals surface area contributed by atoms with E-state index in [0.717, 1.165) is 16.7 Å². The molecule has 2 N–H and O–H groups in total. The Bertz CT molecular complexity index is 849. The summed E-state index contributed by atoms with van der Waals surface area (Å²) in [5.74, 6) is -1.88. The molecule has 2 amide bonds. The van der Waals surface area contributed by atoms with Gasteiger partial charge < -0.3 is 15.3 Å². The Morgan fingerprint density at radius 3 is 2.29 bits per heavy atom. The maximum Gasteiger partial charge on any atom is 0.330 e. The number of hydrogen-bond acceptors (Lipinski definition) is 3. The molecule has 0 aromatic heterocycles. The molecular formula is C22H26N2O4. The fraction of sp³-hybridized carbons (Fsp3) is 0.318. The minimum atomic E-state index is -1.16. The lowest BCUT2D eigenvalue weighted by molar-refractivity contribution is -0.142. The van der Waals surface area contributed by atoms with Crippen molar-refractivity contribution in [2.24, 2.45) is 0 Å². The van der Waals surface area contributed by atoms with Gasteiger partial charge in [-0.05, 0) is 42.5 Å². The highest BCUT2D eigenvalue weighted by Crippen LogP contribution is 2.17. The molecule has 0 aliphatic carbocycles. The Labute approximate surface area is 165 Å². The van der Waals surface area contributed by atoms with Crippen LogP contribution < -0.4 is 5.32 Å². The average Bonchev–Trinajstić information content (AvgIpc) is 2.66. The largest absolute Gasteiger partial charge is 0.479 e. The molecular weight excluding hydrogens is 356 g/mol. The number of nitrogens with zero attached hydrogens (tertiary/aromatic N) is 1. The summed E-state index contributed by atoms with van der Waals surface area (Å²) in [4.78, 5) is 37.4. The van der Waals surface area contributed by atoms with Gasteiger partial charge in [-0.15, -0.1) is 0 Å². The molecule has 2 rings (SSSR count). The van der Waals surface area contributed by atoms with Gasteiger partial charge in [-0.2, -0.15) is 0 Å². The van der Waals surface area contributed by atoms with E-state index in [1.54, 1.807) is 12.1 Å². The van der Waals surface area contributed by atoms with Crippen LogP contribution in [0.2, 0.25) is 0 Å². The molecule has 0 spiro atoms. The Hall–Kier alpha value is -3.15. The van der Waals surface area contributed by atoms with Crippen LogP contribution in [-0.2, 0) is 20.8 Å². The summed E-state index contributed by atoms with van der Waals surface area (Å²) in [5, 5.41) is 12.1. The smallest absolute Gasteiger partial charge is 0.330 e. The third kappa shape index (κ3) is 5.94. The van der Waals surface area contributed by atoms with E-state index in [9.17, 15) is 19.5 Å². The van der Waals surface area contributed by atoms with Crippen LogP contribution in [-0.4, -0.2) is 40.9 Å². The summed E-state index contributed by atoms with van der Waals surface area (Å²) < 4.78 is 0. The standard InChI is InChI=1S/C22H26N2O4/c1-15-9-10-19(13-16(15)2)21(22(27)28)23-20(26)14-24(17(3)25)12-11-18-7-5-4-6-8-18/h4-10,13,21H,11-12,14H2,1-3H3,(H,23,26)(H,27,28). The zero-order chi connectivity index (χ0) is 20.7. The molecule has 6 nitrogen and oxygen atoms in total. The van der Waals surface area contributed by atoms with E-state index in [-0.39, 0.29) is 12.5 Å². The lowest BCUT2D eigenvalue weighted by Gasteiger charge is -2.22. The van der Waals surface area contributed by atoms with E-state index in [1.807, 2.05) is 50.2 Å². The highest BCUT2D eigenvalue weighted by molar-refractivity contribution is 5.88. The van der Waals surface area contributed by atoms with Gasteiger partial charge in [-0.1, -0.05) is 48.5 Å². The van der Waals surface area contributed by atoms with Crippen LogP contribution in [0.25, 0.3) is 0 Å². The summed E-state index contributed by atoms with van der Waals surface area (Å²) in [6.45, 7) is 5.42. The van der Waals surface area contributed by atoms with Crippen LogP contribution in [0.4, 0.5) is 0 Å². The van der Waals surface area contributed by atoms with Crippen molar-refractivity contribution in [1.82, 2.24) is 10.2 Å². The molecule has 1 unspecified atom stereocenters. The molecule has 0 saturated carbocycles. The number of carbonyl (C=O) groups excluding carboxylic acids is 2. The SMILES string of the molecule is CC(=O)N(CCc1ccccc1)CC(=O)NC(C(=O)O)c1ccc(C)c(C)c1. The number of carboxylic acid groups (broad SMARTS) is 1. The number of nitrogens with one attached hydrogen (secondary N) is 1. The fourth-order valence-electron chi connectivity index (χ4n) is 2.87. The van der Waals surface area contributed by atoms with Gasteiger partial charge in [0.15, 0.2) is 6.04 Å². The van der Waals surface area contributed by atoms with E-state index in [2.05, 4.69) is 5.32 Å². The highest BCUT2D eigenvalue weighted by Gasteiger charge is 2.24. The molecule has 6 heteroatoms. The number of rotatable bonds is 8. The molecule has 0 radical (unpaired) electrons. The summed E-state index contributed by atoms with van der Waals surface area (Å²) in [6.07, 6.45) is 0.618. The first kappa shape index (κ1) is 21.2. The fourth-order valence-corrected chi connectivity index (χ4v) is 2.87. The van der Waals surface area contributed by atoms with Crippen molar-refractivity contribution in [2.45, 2.75) is 33.2 Å². The minimum absolute atomic E-state index is 0.184. The van der Waals surface area contributed by atoms with Gasteiger partial charge in [-0.3, -0.25) is 9.59 Å². The maximum absolute atomic E-state index is 12.4. The lowest BCUT2D eigenvalue weighted by atomic mass is 10.0. The predicted octanol–water partition coefficient (Wildman–Crippen LogP) is 2.64. The Morgan fingerprint density at radius 1 is 1.04 bits per heavy atom. The van der Waals surface area contributed by atoms with Crippen LogP contribution in [0.1, 0.15) is 35.2 Å². The Morgan fingerprint density at radius 2 is 1.71 bits per heavy atom. The van der Waals surface area contributed by atoms with Crippen molar-refractivity contribution in [3.63, 3.8) is 0 Å². The quantitative estimate of drug-likeness (QED) is 0.735. The van der Waals surface area contributed by atoms with Crippen LogP contribution in [0.3, 0.4) is 0 Å². The average molecular weight is 382 g/mol. The third-order valence-electron chi connectivity index (χ3n) is 4.71. The summed E-state index contributed by atoms with van der Waals surface area (Å²) >= 11 is 0. The van der Waals surface area contributed by atoms with Crippen molar-refractivity contribution in [2.75, 3.05) is 13.1 Å². The molecule has 0 aliphatic heterocycles. The zero-order valence-corrected chi connectivity index (χ0v) is 16.4. The molecule has 1 atom stereocenters. The second-order valence-corrected chi connectivity index (χ2v) is 6.86. The van der Waals surface area contributed by atoms with Gasteiger partial charge in [0.2, 0.25) is 11.8 Å². The monoisotopic (exact) mass is 382 g/mol. The predicted molar refractivity (Wildman–Crippen MR) is 107 cm³/mol. The number of carboxylic acids is 1. The first-order valence-electron chi connectivity index (χ1n) is 9.16. The van der Waals surface area contributed by atoms with Crippen LogP contribution in [0.15, 0.2) is 48.5 Å². The third-order valence-corrected chi connectivity index (χ3v) is 4.71. The van der Waals surface area contributed by atoms with Gasteiger partial charge in [0.05, 0.1) is 6.54 Å². The highest BCUT2D eigenvalue weighted by atomic mass is 16.4. The number of aryl methyl sites for hydroxylation is 2. The number of carbonyl (C=O) groups is 3. The van der Waals surface area contributed by atoms with Gasteiger partial charge in [0, 0.05) is 13.5 Å². The summed E-state index contributed by atoms with van der Waals surface area (Å²) in [7, 11) is 0. The van der Waals surface area contributed by atoms with Crippen LogP contribution in [0.5, 0.6) is 0 Å². The van der Waals surface area contributed by atoms with E-state index in [4.69, 9.17) is 0 Å². The van der Waals surface area contributed by atoms with E-state index < -0.39 is 17.9 Å². The topological polar surface area (TPSA) is 86.7 Å². The molecule has 148 valence electrons. The second kappa shape index (κ2) is 9.69. The first-order chi connectivity index (χ1) is 13.3. The summed E-state index contributed by atoms with van der Waals surface area (Å²) in [6, 6.07) is 13.8. The summed E-state index contributed by atoms with van der Waals surface area (Å²) in [5.41, 5.74) is 3.56. The van der Waals surface area contributed by atoms with Crippen molar-refractivity contribution in [3.8, 4) is 0 Å².